The van der Waals surface area contributed by atoms with Gasteiger partial charge in [0.1, 0.15) is 5.75 Å². The van der Waals surface area contributed by atoms with Gasteiger partial charge in [-0.2, -0.15) is 0 Å². The highest BCUT2D eigenvalue weighted by molar-refractivity contribution is 9.10. The fourth-order valence-electron chi connectivity index (χ4n) is 1.14. The van der Waals surface area contributed by atoms with Gasteiger partial charge in [0, 0.05) is 4.47 Å². The van der Waals surface area contributed by atoms with Crippen LogP contribution >= 0.6 is 27.5 Å². The fraction of sp³-hybridized carbons (Fsp3) is 0.300. The second-order valence-corrected chi connectivity index (χ2v) is 4.42. The molecule has 1 aromatic rings. The Kier molecular flexibility index (Phi) is 5.05. The Labute approximate surface area is 107 Å². The van der Waals surface area contributed by atoms with E-state index >= 15 is 0 Å². The van der Waals surface area contributed by atoms with E-state index in [1.165, 1.54) is 0 Å². The molecule has 0 aromatic heterocycles. The number of ether oxygens (including phenoxy) is 1. The molecule has 0 radical (unpaired) electrons. The molecule has 16 heavy (non-hydrogen) atoms. The largest absolute Gasteiger partial charge is 0.479 e. The molecule has 0 saturated carbocycles. The molecule has 0 bridgehead atoms. The van der Waals surface area contributed by atoms with Gasteiger partial charge in [-0.25, -0.2) is 5.84 Å². The Bertz CT molecular complexity index is 387. The molecule has 0 heterocycles. The molecule has 0 fully saturated rings. The van der Waals surface area contributed by atoms with Crippen LogP contribution < -0.4 is 16.0 Å². The van der Waals surface area contributed by atoms with Crippen molar-refractivity contribution >= 4 is 33.4 Å². The predicted molar refractivity (Wildman–Crippen MR) is 66.2 cm³/mol. The van der Waals surface area contributed by atoms with Crippen molar-refractivity contribution in [2.45, 2.75) is 19.4 Å². The molecule has 3 N–H and O–H groups in total. The van der Waals surface area contributed by atoms with Crippen LogP contribution in [0.5, 0.6) is 5.75 Å². The molecular weight excluding hydrogens is 295 g/mol. The topological polar surface area (TPSA) is 64.3 Å². The number of benzene rings is 1. The van der Waals surface area contributed by atoms with Gasteiger partial charge in [0.2, 0.25) is 0 Å². The predicted octanol–water partition coefficient (Wildman–Crippen LogP) is 2.25. The molecule has 0 aliphatic carbocycles. The first-order chi connectivity index (χ1) is 7.58. The summed E-state index contributed by atoms with van der Waals surface area (Å²) in [6.45, 7) is 1.83. The smallest absolute Gasteiger partial charge is 0.274 e. The van der Waals surface area contributed by atoms with Gasteiger partial charge in [-0.15, -0.1) is 0 Å². The van der Waals surface area contributed by atoms with Crippen LogP contribution in [-0.4, -0.2) is 12.0 Å². The van der Waals surface area contributed by atoms with Crippen LogP contribution in [0.25, 0.3) is 0 Å². The second-order valence-electron chi connectivity index (χ2n) is 3.10. The number of hydrogen-bond donors (Lipinski definition) is 2. The van der Waals surface area contributed by atoms with Gasteiger partial charge >= 0.3 is 0 Å². The maximum atomic E-state index is 11.3. The number of rotatable bonds is 4. The average molecular weight is 308 g/mol. The number of hydrogen-bond acceptors (Lipinski definition) is 3. The Morgan fingerprint density at radius 1 is 1.69 bits per heavy atom. The van der Waals surface area contributed by atoms with Gasteiger partial charge in [0.15, 0.2) is 6.10 Å². The van der Waals surface area contributed by atoms with E-state index in [2.05, 4.69) is 21.4 Å². The van der Waals surface area contributed by atoms with Crippen molar-refractivity contribution in [3.8, 4) is 5.75 Å². The number of carbonyl (C=O) groups excluding carboxylic acids is 1. The first-order valence-corrected chi connectivity index (χ1v) is 5.87. The molecule has 1 aromatic carbocycles. The van der Waals surface area contributed by atoms with Crippen molar-refractivity contribution in [2.75, 3.05) is 0 Å². The van der Waals surface area contributed by atoms with E-state index in [9.17, 15) is 4.79 Å². The van der Waals surface area contributed by atoms with Crippen LogP contribution in [0.15, 0.2) is 22.7 Å². The highest BCUT2D eigenvalue weighted by Crippen LogP contribution is 2.28. The molecule has 0 spiro atoms. The van der Waals surface area contributed by atoms with Gasteiger partial charge in [0.05, 0.1) is 5.02 Å². The van der Waals surface area contributed by atoms with Gasteiger partial charge < -0.3 is 4.74 Å². The zero-order valence-corrected chi connectivity index (χ0v) is 11.0. The quantitative estimate of drug-likeness (QED) is 0.509. The third-order valence-electron chi connectivity index (χ3n) is 1.97. The van der Waals surface area contributed by atoms with Gasteiger partial charge in [0.25, 0.3) is 5.91 Å². The highest BCUT2D eigenvalue weighted by atomic mass is 79.9. The lowest BCUT2D eigenvalue weighted by Gasteiger charge is -2.16. The van der Waals surface area contributed by atoms with Crippen molar-refractivity contribution in [1.82, 2.24) is 5.43 Å². The van der Waals surface area contributed by atoms with Crippen LogP contribution in [0.2, 0.25) is 5.02 Å². The third-order valence-corrected chi connectivity index (χ3v) is 2.76. The lowest BCUT2D eigenvalue weighted by Crippen LogP contribution is -2.41. The van der Waals surface area contributed by atoms with Crippen LogP contribution in [-0.2, 0) is 4.79 Å². The zero-order valence-electron chi connectivity index (χ0n) is 8.67. The zero-order chi connectivity index (χ0) is 12.1. The Balaban J connectivity index is 2.82. The Hall–Kier alpha value is -0.780. The van der Waals surface area contributed by atoms with E-state index in [1.807, 2.05) is 6.92 Å². The summed E-state index contributed by atoms with van der Waals surface area (Å²) in [4.78, 5) is 11.3. The molecule has 1 atom stereocenters. The lowest BCUT2D eigenvalue weighted by molar-refractivity contribution is -0.128. The molecule has 1 rings (SSSR count). The Morgan fingerprint density at radius 2 is 2.38 bits per heavy atom. The number of carbonyl (C=O) groups is 1. The summed E-state index contributed by atoms with van der Waals surface area (Å²) in [6, 6.07) is 5.18. The van der Waals surface area contributed by atoms with E-state index in [0.29, 0.717) is 17.2 Å². The van der Waals surface area contributed by atoms with Crippen molar-refractivity contribution in [3.05, 3.63) is 27.7 Å². The summed E-state index contributed by atoms with van der Waals surface area (Å²) >= 11 is 9.24. The van der Waals surface area contributed by atoms with Crippen LogP contribution in [0.1, 0.15) is 13.3 Å². The summed E-state index contributed by atoms with van der Waals surface area (Å²) < 4.78 is 6.31. The third kappa shape index (κ3) is 3.37. The first kappa shape index (κ1) is 13.3. The molecule has 0 aliphatic heterocycles. The maximum absolute atomic E-state index is 11.3. The average Bonchev–Trinajstić information content (AvgIpc) is 2.27. The van der Waals surface area contributed by atoms with Crippen LogP contribution in [0, 0.1) is 0 Å². The summed E-state index contributed by atoms with van der Waals surface area (Å²) in [5.41, 5.74) is 2.05. The van der Waals surface area contributed by atoms with E-state index in [-0.39, 0.29) is 5.91 Å². The van der Waals surface area contributed by atoms with E-state index in [1.54, 1.807) is 18.2 Å². The van der Waals surface area contributed by atoms with Crippen LogP contribution in [0.4, 0.5) is 0 Å². The summed E-state index contributed by atoms with van der Waals surface area (Å²) in [5, 5.41) is 0.442. The van der Waals surface area contributed by atoms with Crippen molar-refractivity contribution < 1.29 is 9.53 Å². The fourth-order valence-corrected chi connectivity index (χ4v) is 1.86. The van der Waals surface area contributed by atoms with Crippen LogP contribution in [0.3, 0.4) is 0 Å². The molecule has 4 nitrogen and oxygen atoms in total. The number of halogens is 2. The standard InChI is InChI=1S/C10H12BrClN2O2/c1-2-8(10(15)14-13)16-9-4-3-6(11)5-7(9)12/h3-5,8H,2,13H2,1H3,(H,14,15). The van der Waals surface area contributed by atoms with Gasteiger partial charge in [-0.05, 0) is 24.6 Å². The SMILES string of the molecule is CCC(Oc1ccc(Br)cc1Cl)C(=O)NN. The number of nitrogens with one attached hydrogen (secondary N) is 1. The summed E-state index contributed by atoms with van der Waals surface area (Å²) in [5.74, 6) is 5.13. The molecule has 88 valence electrons. The highest BCUT2D eigenvalue weighted by Gasteiger charge is 2.18. The molecule has 1 amide bonds. The molecule has 1 unspecified atom stereocenters. The maximum Gasteiger partial charge on any atom is 0.274 e. The van der Waals surface area contributed by atoms with Crippen molar-refractivity contribution in [2.24, 2.45) is 5.84 Å². The summed E-state index contributed by atoms with van der Waals surface area (Å²) in [6.07, 6.45) is -0.126. The van der Waals surface area contributed by atoms with E-state index in [4.69, 9.17) is 22.2 Å². The van der Waals surface area contributed by atoms with Gasteiger partial charge in [-0.3, -0.25) is 10.2 Å². The van der Waals surface area contributed by atoms with Gasteiger partial charge in [-0.1, -0.05) is 34.5 Å². The molecule has 0 aliphatic rings. The van der Waals surface area contributed by atoms with E-state index in [0.717, 1.165) is 4.47 Å². The first-order valence-electron chi connectivity index (χ1n) is 4.70. The number of amides is 1. The molecular formula is C10H12BrClN2O2. The Morgan fingerprint density at radius 3 is 2.88 bits per heavy atom. The number of nitrogens with two attached hydrogens (primary N) is 1. The minimum atomic E-state index is -0.635. The minimum Gasteiger partial charge on any atom is -0.479 e. The monoisotopic (exact) mass is 306 g/mol. The van der Waals surface area contributed by atoms with E-state index < -0.39 is 6.10 Å². The summed E-state index contributed by atoms with van der Waals surface area (Å²) in [7, 11) is 0. The molecule has 6 heteroatoms. The normalized spacial score (nSPS) is 12.0. The molecule has 0 saturated heterocycles. The number of hydrazine groups is 1. The lowest BCUT2D eigenvalue weighted by atomic mass is 10.2. The minimum absolute atomic E-state index is 0.374. The van der Waals surface area contributed by atoms with Crippen molar-refractivity contribution in [3.63, 3.8) is 0 Å². The second kappa shape index (κ2) is 6.08. The van der Waals surface area contributed by atoms with Crippen molar-refractivity contribution in [1.29, 1.82) is 0 Å².